The molecule has 0 saturated heterocycles. The van der Waals surface area contributed by atoms with Gasteiger partial charge in [-0.2, -0.15) is 17.4 Å². The number of nitrogens with two attached hydrogens (primary N) is 1. The third-order valence-electron chi connectivity index (χ3n) is 4.99. The van der Waals surface area contributed by atoms with Crippen LogP contribution in [0.25, 0.3) is 0 Å². The van der Waals surface area contributed by atoms with Gasteiger partial charge in [-0.05, 0) is 31.6 Å². The minimum absolute atomic E-state index is 0.103. The molecule has 5 nitrogen and oxygen atoms in total. The average Bonchev–Trinajstić information content (AvgIpc) is 2.99. The van der Waals surface area contributed by atoms with Crippen LogP contribution in [0, 0.1) is 5.92 Å². The van der Waals surface area contributed by atoms with E-state index < -0.39 is 10.2 Å². The Morgan fingerprint density at radius 2 is 1.65 bits per heavy atom. The van der Waals surface area contributed by atoms with Gasteiger partial charge in [0, 0.05) is 25.7 Å². The first-order chi connectivity index (χ1) is 9.54. The molecule has 2 aliphatic rings. The van der Waals surface area contributed by atoms with Crippen molar-refractivity contribution < 1.29 is 8.42 Å². The molecule has 1 atom stereocenters. The van der Waals surface area contributed by atoms with Gasteiger partial charge in [-0.25, -0.2) is 0 Å². The molecule has 2 saturated carbocycles. The second kappa shape index (κ2) is 7.20. The summed E-state index contributed by atoms with van der Waals surface area (Å²) in [7, 11) is -1.70. The zero-order chi connectivity index (χ0) is 14.6. The highest BCUT2D eigenvalue weighted by atomic mass is 32.2. The Balaban J connectivity index is 1.97. The lowest BCUT2D eigenvalue weighted by Crippen LogP contribution is -2.52. The smallest absolute Gasteiger partial charge is 0.279 e. The summed E-state index contributed by atoms with van der Waals surface area (Å²) in [5.41, 5.74) is 5.79. The number of rotatable bonds is 6. The fourth-order valence-corrected chi connectivity index (χ4v) is 5.05. The van der Waals surface area contributed by atoms with E-state index >= 15 is 0 Å². The maximum atomic E-state index is 12.5. The highest BCUT2D eigenvalue weighted by Crippen LogP contribution is 2.28. The molecule has 0 heterocycles. The Labute approximate surface area is 123 Å². The molecule has 6 heteroatoms. The van der Waals surface area contributed by atoms with E-state index in [1.165, 1.54) is 19.3 Å². The first-order valence-corrected chi connectivity index (χ1v) is 9.44. The lowest BCUT2D eigenvalue weighted by molar-refractivity contribution is 0.278. The second-order valence-corrected chi connectivity index (χ2v) is 8.08. The van der Waals surface area contributed by atoms with Gasteiger partial charge in [0.25, 0.3) is 10.2 Å². The van der Waals surface area contributed by atoms with E-state index in [4.69, 9.17) is 5.73 Å². The van der Waals surface area contributed by atoms with Crippen LogP contribution in [-0.2, 0) is 10.2 Å². The van der Waals surface area contributed by atoms with Gasteiger partial charge in [-0.3, -0.25) is 0 Å². The van der Waals surface area contributed by atoms with Crippen LogP contribution in [0.1, 0.15) is 57.8 Å². The third kappa shape index (κ3) is 3.93. The maximum Gasteiger partial charge on any atom is 0.279 e. The van der Waals surface area contributed by atoms with Crippen LogP contribution in [0.3, 0.4) is 0 Å². The van der Waals surface area contributed by atoms with Crippen molar-refractivity contribution in [3.05, 3.63) is 0 Å². The van der Waals surface area contributed by atoms with Crippen LogP contribution in [0.2, 0.25) is 0 Å². The highest BCUT2D eigenvalue weighted by molar-refractivity contribution is 7.87. The topological polar surface area (TPSA) is 75.4 Å². The Kier molecular flexibility index (Phi) is 5.84. The quantitative estimate of drug-likeness (QED) is 0.782. The molecule has 0 aliphatic heterocycles. The van der Waals surface area contributed by atoms with Crippen molar-refractivity contribution >= 4 is 10.2 Å². The summed E-state index contributed by atoms with van der Waals surface area (Å²) in [6.07, 6.45) is 10.0. The highest BCUT2D eigenvalue weighted by Gasteiger charge is 2.32. The molecule has 0 amide bonds. The second-order valence-electron chi connectivity index (χ2n) is 6.32. The predicted molar refractivity (Wildman–Crippen MR) is 81.5 cm³/mol. The normalized spacial score (nSPS) is 24.4. The Hall–Kier alpha value is -0.170. The molecule has 0 spiro atoms. The predicted octanol–water partition coefficient (Wildman–Crippen LogP) is 1.60. The number of nitrogens with one attached hydrogen (secondary N) is 1. The fourth-order valence-electron chi connectivity index (χ4n) is 3.61. The third-order valence-corrected chi connectivity index (χ3v) is 6.65. The van der Waals surface area contributed by atoms with E-state index in [1.807, 2.05) is 0 Å². The summed E-state index contributed by atoms with van der Waals surface area (Å²) in [6.45, 7) is 0.391. The molecule has 0 radical (unpaired) electrons. The van der Waals surface area contributed by atoms with Gasteiger partial charge < -0.3 is 5.73 Å². The zero-order valence-electron chi connectivity index (χ0n) is 12.6. The molecule has 20 heavy (non-hydrogen) atoms. The maximum absolute atomic E-state index is 12.5. The van der Waals surface area contributed by atoms with Crippen molar-refractivity contribution in [1.29, 1.82) is 0 Å². The summed E-state index contributed by atoms with van der Waals surface area (Å²) in [6, 6.07) is 0.0526. The van der Waals surface area contributed by atoms with Crippen LogP contribution in [0.5, 0.6) is 0 Å². The van der Waals surface area contributed by atoms with Gasteiger partial charge in [0.15, 0.2) is 0 Å². The average molecular weight is 303 g/mol. The van der Waals surface area contributed by atoms with Crippen molar-refractivity contribution in [1.82, 2.24) is 9.03 Å². The summed E-state index contributed by atoms with van der Waals surface area (Å²) < 4.78 is 29.4. The molecule has 2 rings (SSSR count). The summed E-state index contributed by atoms with van der Waals surface area (Å²) in [4.78, 5) is 0. The van der Waals surface area contributed by atoms with Crippen molar-refractivity contribution in [2.75, 3.05) is 13.6 Å². The number of nitrogens with zero attached hydrogens (tertiary/aromatic N) is 1. The van der Waals surface area contributed by atoms with Crippen molar-refractivity contribution in [3.8, 4) is 0 Å². The van der Waals surface area contributed by atoms with Gasteiger partial charge in [0.2, 0.25) is 0 Å². The fraction of sp³-hybridized carbons (Fsp3) is 1.00. The standard InChI is InChI=1S/C14H29N3O2S/c1-17(13-9-3-2-4-10-13)20(18,19)16-14(11-15)12-7-5-6-8-12/h12-14,16H,2-11,15H2,1H3. The molecule has 1 unspecified atom stereocenters. The SMILES string of the molecule is CN(C1CCCCC1)S(=O)(=O)NC(CN)C1CCCC1. The minimum atomic E-state index is -3.41. The van der Waals surface area contributed by atoms with E-state index in [1.54, 1.807) is 11.4 Å². The Bertz CT molecular complexity index is 387. The Morgan fingerprint density at radius 3 is 2.20 bits per heavy atom. The van der Waals surface area contributed by atoms with Gasteiger partial charge in [-0.15, -0.1) is 0 Å². The first kappa shape index (κ1) is 16.2. The Morgan fingerprint density at radius 1 is 1.10 bits per heavy atom. The first-order valence-electron chi connectivity index (χ1n) is 8.00. The molecule has 0 bridgehead atoms. The number of hydrogen-bond donors (Lipinski definition) is 2. The van der Waals surface area contributed by atoms with Crippen LogP contribution in [-0.4, -0.2) is 38.4 Å². The molecular formula is C14H29N3O2S. The molecule has 0 aromatic carbocycles. The molecule has 2 aliphatic carbocycles. The summed E-state index contributed by atoms with van der Waals surface area (Å²) in [5, 5.41) is 0. The molecule has 118 valence electrons. The van der Waals surface area contributed by atoms with Gasteiger partial charge in [0.05, 0.1) is 0 Å². The monoisotopic (exact) mass is 303 g/mol. The van der Waals surface area contributed by atoms with Crippen LogP contribution >= 0.6 is 0 Å². The van der Waals surface area contributed by atoms with Gasteiger partial charge >= 0.3 is 0 Å². The summed E-state index contributed by atoms with van der Waals surface area (Å²) >= 11 is 0. The van der Waals surface area contributed by atoms with E-state index in [0.29, 0.717) is 12.5 Å². The minimum Gasteiger partial charge on any atom is -0.329 e. The molecule has 0 aromatic rings. The molecule has 3 N–H and O–H groups in total. The van der Waals surface area contributed by atoms with Crippen LogP contribution in [0.15, 0.2) is 0 Å². The van der Waals surface area contributed by atoms with Gasteiger partial charge in [-0.1, -0.05) is 32.1 Å². The molecule has 0 aromatic heterocycles. The molecular weight excluding hydrogens is 274 g/mol. The lowest BCUT2D eigenvalue weighted by atomic mass is 9.96. The zero-order valence-corrected chi connectivity index (χ0v) is 13.4. The van der Waals surface area contributed by atoms with E-state index in [0.717, 1.165) is 38.5 Å². The van der Waals surface area contributed by atoms with Crippen LogP contribution < -0.4 is 10.5 Å². The summed E-state index contributed by atoms with van der Waals surface area (Å²) in [5.74, 6) is 0.412. The van der Waals surface area contributed by atoms with Gasteiger partial charge in [0.1, 0.15) is 0 Å². The van der Waals surface area contributed by atoms with Crippen molar-refractivity contribution in [2.24, 2.45) is 11.7 Å². The van der Waals surface area contributed by atoms with E-state index in [2.05, 4.69) is 4.72 Å². The molecule has 2 fully saturated rings. The lowest BCUT2D eigenvalue weighted by Gasteiger charge is -2.32. The van der Waals surface area contributed by atoms with Crippen molar-refractivity contribution in [3.63, 3.8) is 0 Å². The largest absolute Gasteiger partial charge is 0.329 e. The number of hydrogen-bond acceptors (Lipinski definition) is 3. The van der Waals surface area contributed by atoms with E-state index in [9.17, 15) is 8.42 Å². The van der Waals surface area contributed by atoms with Crippen molar-refractivity contribution in [2.45, 2.75) is 69.9 Å². The van der Waals surface area contributed by atoms with E-state index in [-0.39, 0.29) is 12.1 Å². The van der Waals surface area contributed by atoms with Crippen LogP contribution in [0.4, 0.5) is 0 Å².